The number of nitrogens with zero attached hydrogens (tertiary/aromatic N) is 2. The van der Waals surface area contributed by atoms with Crippen molar-refractivity contribution in [2.75, 3.05) is 0 Å². The first-order valence-corrected chi connectivity index (χ1v) is 9.03. The minimum atomic E-state index is -0.183. The molecule has 2 heterocycles. The summed E-state index contributed by atoms with van der Waals surface area (Å²) in [7, 11) is 0. The molecule has 1 fully saturated rings. The Kier molecular flexibility index (Phi) is 4.78. The SMILES string of the molecule is O=C(NCc1ccnc(OC2CCCC2)c1)c1nccc2ccccc12. The number of carbonyl (C=O) groups excluding carboxylic acids is 1. The minimum Gasteiger partial charge on any atom is -0.474 e. The van der Waals surface area contributed by atoms with Crippen LogP contribution in [0.5, 0.6) is 5.88 Å². The number of rotatable bonds is 5. The van der Waals surface area contributed by atoms with Crippen molar-refractivity contribution < 1.29 is 9.53 Å². The van der Waals surface area contributed by atoms with Gasteiger partial charge in [-0.1, -0.05) is 24.3 Å². The normalized spacial score (nSPS) is 14.5. The summed E-state index contributed by atoms with van der Waals surface area (Å²) in [6.45, 7) is 0.410. The lowest BCUT2D eigenvalue weighted by Crippen LogP contribution is -2.24. The highest BCUT2D eigenvalue weighted by molar-refractivity contribution is 6.05. The fourth-order valence-electron chi connectivity index (χ4n) is 3.37. The van der Waals surface area contributed by atoms with E-state index in [1.807, 2.05) is 42.5 Å². The van der Waals surface area contributed by atoms with Gasteiger partial charge in [0.05, 0.1) is 0 Å². The summed E-state index contributed by atoms with van der Waals surface area (Å²) in [6.07, 6.45) is 8.29. The lowest BCUT2D eigenvalue weighted by atomic mass is 10.1. The zero-order chi connectivity index (χ0) is 17.8. The van der Waals surface area contributed by atoms with Crippen LogP contribution in [-0.2, 0) is 6.54 Å². The molecule has 0 bridgehead atoms. The summed E-state index contributed by atoms with van der Waals surface area (Å²) in [5.74, 6) is 0.448. The van der Waals surface area contributed by atoms with Crippen molar-refractivity contribution in [1.29, 1.82) is 0 Å². The summed E-state index contributed by atoms with van der Waals surface area (Å²) in [5.41, 5.74) is 1.40. The number of aromatic nitrogens is 2. The Balaban J connectivity index is 1.44. The highest BCUT2D eigenvalue weighted by atomic mass is 16.5. The van der Waals surface area contributed by atoms with E-state index < -0.39 is 0 Å². The Labute approximate surface area is 152 Å². The molecule has 0 radical (unpaired) electrons. The average molecular weight is 347 g/mol. The van der Waals surface area contributed by atoms with Gasteiger partial charge < -0.3 is 10.1 Å². The van der Waals surface area contributed by atoms with Crippen molar-refractivity contribution in [3.8, 4) is 5.88 Å². The molecule has 0 saturated heterocycles. The lowest BCUT2D eigenvalue weighted by molar-refractivity contribution is 0.0947. The van der Waals surface area contributed by atoms with Crippen molar-refractivity contribution in [3.05, 3.63) is 66.1 Å². The molecule has 1 saturated carbocycles. The molecule has 1 aromatic carbocycles. The molecular formula is C21H21N3O2. The zero-order valence-electron chi connectivity index (χ0n) is 14.5. The van der Waals surface area contributed by atoms with Gasteiger partial charge in [0.1, 0.15) is 11.8 Å². The number of ether oxygens (including phenoxy) is 1. The second-order valence-electron chi connectivity index (χ2n) is 6.59. The molecule has 2 aromatic heterocycles. The summed E-state index contributed by atoms with van der Waals surface area (Å²) in [4.78, 5) is 21.1. The van der Waals surface area contributed by atoms with Crippen LogP contribution in [0.25, 0.3) is 10.8 Å². The molecule has 1 aliphatic carbocycles. The van der Waals surface area contributed by atoms with Gasteiger partial charge >= 0.3 is 0 Å². The number of amides is 1. The Morgan fingerprint density at radius 2 is 1.88 bits per heavy atom. The van der Waals surface area contributed by atoms with Crippen LogP contribution < -0.4 is 10.1 Å². The standard InChI is InChI=1S/C21H21N3O2/c25-21(20-18-8-4-1-5-16(18)10-12-23-20)24-14-15-9-11-22-19(13-15)26-17-6-2-3-7-17/h1,4-5,8-13,17H,2-3,6-7,14H2,(H,24,25). The van der Waals surface area contributed by atoms with Gasteiger partial charge in [0.15, 0.2) is 0 Å². The number of fused-ring (bicyclic) bond motifs is 1. The summed E-state index contributed by atoms with van der Waals surface area (Å²) in [6, 6.07) is 13.4. The lowest BCUT2D eigenvalue weighted by Gasteiger charge is -2.13. The van der Waals surface area contributed by atoms with E-state index in [-0.39, 0.29) is 12.0 Å². The molecule has 0 unspecified atom stereocenters. The van der Waals surface area contributed by atoms with Gasteiger partial charge in [-0.25, -0.2) is 4.98 Å². The first-order valence-electron chi connectivity index (χ1n) is 9.03. The van der Waals surface area contributed by atoms with Gasteiger partial charge in [-0.15, -0.1) is 0 Å². The van der Waals surface area contributed by atoms with Gasteiger partial charge in [0, 0.05) is 30.4 Å². The van der Waals surface area contributed by atoms with Crippen LogP contribution in [0, 0.1) is 0 Å². The van der Waals surface area contributed by atoms with Crippen molar-refractivity contribution >= 4 is 16.7 Å². The van der Waals surface area contributed by atoms with Gasteiger partial charge in [-0.3, -0.25) is 9.78 Å². The van der Waals surface area contributed by atoms with E-state index in [0.717, 1.165) is 29.2 Å². The predicted octanol–water partition coefficient (Wildman–Crippen LogP) is 3.88. The fraction of sp³-hybridized carbons (Fsp3) is 0.286. The number of benzene rings is 1. The maximum absolute atomic E-state index is 12.6. The number of hydrogen-bond donors (Lipinski definition) is 1. The monoisotopic (exact) mass is 347 g/mol. The molecule has 26 heavy (non-hydrogen) atoms. The van der Waals surface area contributed by atoms with Crippen molar-refractivity contribution in [1.82, 2.24) is 15.3 Å². The van der Waals surface area contributed by atoms with E-state index in [9.17, 15) is 4.79 Å². The summed E-state index contributed by atoms with van der Waals surface area (Å²) < 4.78 is 5.93. The van der Waals surface area contributed by atoms with E-state index in [1.54, 1.807) is 12.4 Å². The first-order chi connectivity index (χ1) is 12.8. The first kappa shape index (κ1) is 16.5. The van der Waals surface area contributed by atoms with Crippen LogP contribution in [-0.4, -0.2) is 22.0 Å². The van der Waals surface area contributed by atoms with Gasteiger partial charge in [0.25, 0.3) is 5.91 Å². The largest absolute Gasteiger partial charge is 0.474 e. The van der Waals surface area contributed by atoms with E-state index in [2.05, 4.69) is 15.3 Å². The molecule has 0 spiro atoms. The smallest absolute Gasteiger partial charge is 0.270 e. The summed E-state index contributed by atoms with van der Waals surface area (Å²) in [5, 5.41) is 4.80. The van der Waals surface area contributed by atoms with Crippen molar-refractivity contribution in [3.63, 3.8) is 0 Å². The molecule has 3 aromatic rings. The van der Waals surface area contributed by atoms with Gasteiger partial charge in [-0.05, 0) is 48.8 Å². The molecule has 0 atom stereocenters. The van der Waals surface area contributed by atoms with Crippen LogP contribution in [0.15, 0.2) is 54.9 Å². The predicted molar refractivity (Wildman–Crippen MR) is 100 cm³/mol. The van der Waals surface area contributed by atoms with Crippen LogP contribution in [0.1, 0.15) is 41.7 Å². The van der Waals surface area contributed by atoms with E-state index in [1.165, 1.54) is 12.8 Å². The molecule has 1 N–H and O–H groups in total. The van der Waals surface area contributed by atoms with E-state index in [4.69, 9.17) is 4.74 Å². The second-order valence-corrected chi connectivity index (χ2v) is 6.59. The molecule has 5 heteroatoms. The number of carbonyl (C=O) groups is 1. The number of pyridine rings is 2. The Morgan fingerprint density at radius 1 is 1.08 bits per heavy atom. The van der Waals surface area contributed by atoms with Crippen molar-refractivity contribution in [2.45, 2.75) is 38.3 Å². The van der Waals surface area contributed by atoms with Crippen LogP contribution in [0.2, 0.25) is 0 Å². The zero-order valence-corrected chi connectivity index (χ0v) is 14.5. The van der Waals surface area contributed by atoms with Crippen LogP contribution in [0.4, 0.5) is 0 Å². The van der Waals surface area contributed by atoms with Crippen molar-refractivity contribution in [2.24, 2.45) is 0 Å². The highest BCUT2D eigenvalue weighted by Gasteiger charge is 2.17. The maximum Gasteiger partial charge on any atom is 0.270 e. The Morgan fingerprint density at radius 3 is 2.77 bits per heavy atom. The number of nitrogens with one attached hydrogen (secondary N) is 1. The molecular weight excluding hydrogens is 326 g/mol. The van der Waals surface area contributed by atoms with E-state index in [0.29, 0.717) is 18.1 Å². The molecule has 132 valence electrons. The van der Waals surface area contributed by atoms with Crippen LogP contribution >= 0.6 is 0 Å². The highest BCUT2D eigenvalue weighted by Crippen LogP contribution is 2.23. The Bertz CT molecular complexity index is 915. The fourth-order valence-corrected chi connectivity index (χ4v) is 3.37. The molecule has 4 rings (SSSR count). The third kappa shape index (κ3) is 3.67. The second kappa shape index (κ2) is 7.52. The third-order valence-electron chi connectivity index (χ3n) is 4.73. The van der Waals surface area contributed by atoms with E-state index >= 15 is 0 Å². The van der Waals surface area contributed by atoms with Gasteiger partial charge in [0.2, 0.25) is 5.88 Å². The number of hydrogen-bond acceptors (Lipinski definition) is 4. The summed E-state index contributed by atoms with van der Waals surface area (Å²) >= 11 is 0. The average Bonchev–Trinajstić information content (AvgIpc) is 3.19. The van der Waals surface area contributed by atoms with Gasteiger partial charge in [-0.2, -0.15) is 0 Å². The Hall–Kier alpha value is -2.95. The molecule has 0 aliphatic heterocycles. The minimum absolute atomic E-state index is 0.183. The molecule has 5 nitrogen and oxygen atoms in total. The van der Waals surface area contributed by atoms with Crippen LogP contribution in [0.3, 0.4) is 0 Å². The quantitative estimate of drug-likeness (QED) is 0.761. The molecule has 1 aliphatic rings. The molecule has 1 amide bonds. The maximum atomic E-state index is 12.6. The third-order valence-corrected chi connectivity index (χ3v) is 4.73. The topological polar surface area (TPSA) is 64.1 Å².